The zero-order valence-electron chi connectivity index (χ0n) is 9.89. The lowest BCUT2D eigenvalue weighted by Crippen LogP contribution is -2.38. The molecule has 6 nitrogen and oxygen atoms in total. The number of carbonyl (C=O) groups is 1. The Morgan fingerprint density at radius 3 is 2.78 bits per heavy atom. The van der Waals surface area contributed by atoms with Crippen LogP contribution >= 0.6 is 0 Å². The minimum Gasteiger partial charge on any atom is -0.481 e. The van der Waals surface area contributed by atoms with Crippen LogP contribution in [0.25, 0.3) is 0 Å². The molecule has 0 aliphatic heterocycles. The second-order valence-corrected chi connectivity index (χ2v) is 4.64. The van der Waals surface area contributed by atoms with Gasteiger partial charge in [-0.3, -0.25) is 4.79 Å². The number of nitriles is 1. The van der Waals surface area contributed by atoms with Gasteiger partial charge < -0.3 is 10.4 Å². The van der Waals surface area contributed by atoms with E-state index in [2.05, 4.69) is 15.3 Å². The van der Waals surface area contributed by atoms with Gasteiger partial charge in [-0.25, -0.2) is 9.97 Å². The standard InChI is InChI=1S/C12H14N4O2/c13-7-9-11(15-5-4-14-9)16-8-12(2-1-3-12)6-10(17)18/h4-5H,1-3,6,8H2,(H,15,16)(H,17,18). The van der Waals surface area contributed by atoms with Crippen molar-refractivity contribution in [2.24, 2.45) is 5.41 Å². The van der Waals surface area contributed by atoms with Crippen LogP contribution in [0.4, 0.5) is 5.82 Å². The SMILES string of the molecule is N#Cc1nccnc1NCC1(CC(=O)O)CCC1. The van der Waals surface area contributed by atoms with E-state index in [0.717, 1.165) is 19.3 Å². The predicted molar refractivity (Wildman–Crippen MR) is 63.8 cm³/mol. The summed E-state index contributed by atoms with van der Waals surface area (Å²) >= 11 is 0. The molecule has 0 saturated heterocycles. The number of carboxylic acids is 1. The number of carboxylic acid groups (broad SMARTS) is 1. The molecule has 1 aromatic rings. The van der Waals surface area contributed by atoms with Crippen molar-refractivity contribution in [1.82, 2.24) is 9.97 Å². The van der Waals surface area contributed by atoms with Gasteiger partial charge in [-0.1, -0.05) is 6.42 Å². The lowest BCUT2D eigenvalue weighted by molar-refractivity contribution is -0.141. The topological polar surface area (TPSA) is 98.9 Å². The molecule has 94 valence electrons. The molecule has 2 N–H and O–H groups in total. The third kappa shape index (κ3) is 2.56. The van der Waals surface area contributed by atoms with E-state index in [1.807, 2.05) is 6.07 Å². The average molecular weight is 246 g/mol. The van der Waals surface area contributed by atoms with E-state index in [1.54, 1.807) is 0 Å². The highest BCUT2D eigenvalue weighted by atomic mass is 16.4. The first-order chi connectivity index (χ1) is 8.65. The molecular weight excluding hydrogens is 232 g/mol. The maximum atomic E-state index is 10.8. The third-order valence-corrected chi connectivity index (χ3v) is 3.38. The summed E-state index contributed by atoms with van der Waals surface area (Å²) in [5.74, 6) is -0.354. The Kier molecular flexibility index (Phi) is 3.42. The van der Waals surface area contributed by atoms with Crippen molar-refractivity contribution in [1.29, 1.82) is 5.26 Å². The van der Waals surface area contributed by atoms with E-state index in [0.29, 0.717) is 12.4 Å². The van der Waals surface area contributed by atoms with Crippen molar-refractivity contribution in [2.75, 3.05) is 11.9 Å². The first-order valence-corrected chi connectivity index (χ1v) is 5.82. The molecule has 0 radical (unpaired) electrons. The number of nitrogens with one attached hydrogen (secondary N) is 1. The Labute approximate surface area is 105 Å². The lowest BCUT2D eigenvalue weighted by atomic mass is 9.66. The third-order valence-electron chi connectivity index (χ3n) is 3.38. The van der Waals surface area contributed by atoms with Gasteiger partial charge in [-0.05, 0) is 18.3 Å². The Bertz CT molecular complexity index is 491. The fraction of sp³-hybridized carbons (Fsp3) is 0.500. The monoisotopic (exact) mass is 246 g/mol. The summed E-state index contributed by atoms with van der Waals surface area (Å²) < 4.78 is 0. The number of hydrogen-bond acceptors (Lipinski definition) is 5. The highest BCUT2D eigenvalue weighted by Gasteiger charge is 2.38. The first-order valence-electron chi connectivity index (χ1n) is 5.82. The molecule has 0 aromatic carbocycles. The van der Waals surface area contributed by atoms with Gasteiger partial charge in [0.05, 0.1) is 6.42 Å². The molecule has 1 saturated carbocycles. The fourth-order valence-electron chi connectivity index (χ4n) is 2.23. The second kappa shape index (κ2) is 5.00. The second-order valence-electron chi connectivity index (χ2n) is 4.64. The number of nitrogens with zero attached hydrogens (tertiary/aromatic N) is 3. The van der Waals surface area contributed by atoms with Gasteiger partial charge in [0.15, 0.2) is 11.5 Å². The van der Waals surface area contributed by atoms with Crippen molar-refractivity contribution in [3.05, 3.63) is 18.1 Å². The summed E-state index contributed by atoms with van der Waals surface area (Å²) in [6, 6.07) is 1.96. The van der Waals surface area contributed by atoms with Crippen LogP contribution in [-0.2, 0) is 4.79 Å². The van der Waals surface area contributed by atoms with Gasteiger partial charge in [0.2, 0.25) is 0 Å². The summed E-state index contributed by atoms with van der Waals surface area (Å²) in [6.45, 7) is 0.521. The molecule has 0 unspecified atom stereocenters. The molecular formula is C12H14N4O2. The van der Waals surface area contributed by atoms with Crippen molar-refractivity contribution >= 4 is 11.8 Å². The molecule has 1 aliphatic rings. The normalized spacial score (nSPS) is 16.4. The summed E-state index contributed by atoms with van der Waals surface area (Å²) in [5.41, 5.74) is 0.0399. The van der Waals surface area contributed by atoms with Crippen LogP contribution in [0, 0.1) is 16.7 Å². The van der Waals surface area contributed by atoms with Crippen LogP contribution in [0.5, 0.6) is 0 Å². The quantitative estimate of drug-likeness (QED) is 0.814. The molecule has 0 atom stereocenters. The van der Waals surface area contributed by atoms with Crippen LogP contribution in [0.15, 0.2) is 12.4 Å². The molecule has 0 amide bonds. The summed E-state index contributed by atoms with van der Waals surface area (Å²) in [5, 5.41) is 20.8. The molecule has 1 fully saturated rings. The minimum absolute atomic E-state index is 0.155. The van der Waals surface area contributed by atoms with E-state index in [-0.39, 0.29) is 17.5 Å². The number of aliphatic carboxylic acids is 1. The van der Waals surface area contributed by atoms with E-state index < -0.39 is 5.97 Å². The summed E-state index contributed by atoms with van der Waals surface area (Å²) in [7, 11) is 0. The fourth-order valence-corrected chi connectivity index (χ4v) is 2.23. The van der Waals surface area contributed by atoms with Crippen molar-refractivity contribution in [3.8, 4) is 6.07 Å². The van der Waals surface area contributed by atoms with Crippen LogP contribution in [0.1, 0.15) is 31.4 Å². The highest BCUT2D eigenvalue weighted by molar-refractivity contribution is 5.68. The van der Waals surface area contributed by atoms with Gasteiger partial charge in [-0.15, -0.1) is 0 Å². The average Bonchev–Trinajstić information content (AvgIpc) is 2.32. The van der Waals surface area contributed by atoms with Crippen LogP contribution in [0.2, 0.25) is 0 Å². The maximum absolute atomic E-state index is 10.8. The van der Waals surface area contributed by atoms with Crippen LogP contribution < -0.4 is 5.32 Å². The number of hydrogen-bond donors (Lipinski definition) is 2. The Morgan fingerprint density at radius 2 is 2.22 bits per heavy atom. The van der Waals surface area contributed by atoms with Gasteiger partial charge in [0.25, 0.3) is 0 Å². The molecule has 1 aromatic heterocycles. The van der Waals surface area contributed by atoms with E-state index in [9.17, 15) is 4.79 Å². The van der Waals surface area contributed by atoms with Crippen LogP contribution in [-0.4, -0.2) is 27.6 Å². The van der Waals surface area contributed by atoms with Gasteiger partial charge >= 0.3 is 5.97 Å². The Morgan fingerprint density at radius 1 is 1.50 bits per heavy atom. The zero-order valence-corrected chi connectivity index (χ0v) is 9.89. The summed E-state index contributed by atoms with van der Waals surface area (Å²) in [4.78, 5) is 18.8. The molecule has 18 heavy (non-hydrogen) atoms. The maximum Gasteiger partial charge on any atom is 0.303 e. The van der Waals surface area contributed by atoms with E-state index in [4.69, 9.17) is 10.4 Å². The van der Waals surface area contributed by atoms with Crippen LogP contribution in [0.3, 0.4) is 0 Å². The van der Waals surface area contributed by atoms with E-state index in [1.165, 1.54) is 12.4 Å². The molecule has 1 heterocycles. The van der Waals surface area contributed by atoms with E-state index >= 15 is 0 Å². The zero-order chi connectivity index (χ0) is 13.0. The minimum atomic E-state index is -0.781. The number of rotatable bonds is 5. The molecule has 2 rings (SSSR count). The van der Waals surface area contributed by atoms with Gasteiger partial charge in [-0.2, -0.15) is 5.26 Å². The number of anilines is 1. The first kappa shape index (κ1) is 12.3. The molecule has 0 bridgehead atoms. The Balaban J connectivity index is 2.02. The highest BCUT2D eigenvalue weighted by Crippen LogP contribution is 2.43. The molecule has 1 aliphatic carbocycles. The number of aromatic nitrogens is 2. The molecule has 6 heteroatoms. The predicted octanol–water partition coefficient (Wildman–Crippen LogP) is 1.41. The smallest absolute Gasteiger partial charge is 0.303 e. The summed E-state index contributed by atoms with van der Waals surface area (Å²) in [6.07, 6.45) is 5.97. The largest absolute Gasteiger partial charge is 0.481 e. The lowest BCUT2D eigenvalue weighted by Gasteiger charge is -2.41. The van der Waals surface area contributed by atoms with Gasteiger partial charge in [0, 0.05) is 18.9 Å². The van der Waals surface area contributed by atoms with Gasteiger partial charge in [0.1, 0.15) is 6.07 Å². The van der Waals surface area contributed by atoms with Crippen molar-refractivity contribution < 1.29 is 9.90 Å². The molecule has 0 spiro atoms. The van der Waals surface area contributed by atoms with Crippen molar-refractivity contribution in [2.45, 2.75) is 25.7 Å². The Hall–Kier alpha value is -2.16. The van der Waals surface area contributed by atoms with Crippen molar-refractivity contribution in [3.63, 3.8) is 0 Å².